The zero-order valence-corrected chi connectivity index (χ0v) is 22.4. The van der Waals surface area contributed by atoms with Crippen LogP contribution in [0.2, 0.25) is 0 Å². The van der Waals surface area contributed by atoms with E-state index < -0.39 is 16.1 Å². The lowest BCUT2D eigenvalue weighted by Gasteiger charge is -2.35. The second-order valence-electron chi connectivity index (χ2n) is 8.85. The molecule has 196 valence electrons. The highest BCUT2D eigenvalue weighted by molar-refractivity contribution is 7.92. The van der Waals surface area contributed by atoms with Crippen LogP contribution in [0.3, 0.4) is 0 Å². The second-order valence-corrected chi connectivity index (χ2v) is 10.7. The summed E-state index contributed by atoms with van der Waals surface area (Å²) in [7, 11) is -2.43. The lowest BCUT2D eigenvalue weighted by molar-refractivity contribution is -0.127. The highest BCUT2D eigenvalue weighted by atomic mass is 32.2. The van der Waals surface area contributed by atoms with Crippen molar-refractivity contribution >= 4 is 27.3 Å². The molecule has 1 N–H and O–H groups in total. The number of ether oxygens (including phenoxy) is 2. The molecule has 0 saturated carbocycles. The van der Waals surface area contributed by atoms with Crippen LogP contribution in [-0.4, -0.2) is 47.2 Å². The van der Waals surface area contributed by atoms with Crippen LogP contribution in [0.15, 0.2) is 71.6 Å². The fourth-order valence-corrected chi connectivity index (χ4v) is 5.79. The van der Waals surface area contributed by atoms with Gasteiger partial charge in [-0.2, -0.15) is 0 Å². The molecule has 0 aromatic heterocycles. The maximum atomic E-state index is 13.6. The van der Waals surface area contributed by atoms with Crippen molar-refractivity contribution in [2.45, 2.75) is 38.3 Å². The van der Waals surface area contributed by atoms with Gasteiger partial charge >= 0.3 is 0 Å². The quantitative estimate of drug-likeness (QED) is 0.454. The second kappa shape index (κ2) is 11.1. The summed E-state index contributed by atoms with van der Waals surface area (Å²) < 4.78 is 39.6. The smallest absolute Gasteiger partial charge is 0.264 e. The van der Waals surface area contributed by atoms with Crippen molar-refractivity contribution in [1.29, 1.82) is 0 Å². The molecule has 8 nitrogen and oxygen atoms in total. The van der Waals surface area contributed by atoms with Crippen LogP contribution in [0.4, 0.5) is 11.4 Å². The van der Waals surface area contributed by atoms with Gasteiger partial charge in [-0.05, 0) is 80.4 Å². The summed E-state index contributed by atoms with van der Waals surface area (Å²) >= 11 is 0. The summed E-state index contributed by atoms with van der Waals surface area (Å²) in [6.45, 7) is 8.11. The molecule has 1 heterocycles. The Labute approximate surface area is 218 Å². The standard InChI is InChI=1S/C28H33N3O5S/c1-5-30(6-2)22-10-8-21(9-11-22)18-29-28(32)27-19-31(25-16-7-20(3)17-26(25)36-27)37(33,34)24-14-12-23(35-4)13-15-24/h7-17,27H,5-6,18-19H2,1-4H3,(H,29,32)/t27-/m1/s1. The van der Waals surface area contributed by atoms with E-state index in [1.807, 2.05) is 37.3 Å². The Morgan fingerprint density at radius 1 is 1.05 bits per heavy atom. The minimum atomic E-state index is -3.95. The van der Waals surface area contributed by atoms with Crippen molar-refractivity contribution in [2.24, 2.45) is 0 Å². The molecule has 0 bridgehead atoms. The minimum absolute atomic E-state index is 0.106. The lowest BCUT2D eigenvalue weighted by atomic mass is 10.1. The Morgan fingerprint density at radius 2 is 1.73 bits per heavy atom. The van der Waals surface area contributed by atoms with Gasteiger partial charge in [0.15, 0.2) is 6.10 Å². The molecule has 0 radical (unpaired) electrons. The average molecular weight is 524 g/mol. The van der Waals surface area contributed by atoms with Gasteiger partial charge in [-0.1, -0.05) is 18.2 Å². The van der Waals surface area contributed by atoms with E-state index in [0.29, 0.717) is 23.7 Å². The maximum absolute atomic E-state index is 13.6. The average Bonchev–Trinajstić information content (AvgIpc) is 2.92. The monoisotopic (exact) mass is 523 g/mol. The molecule has 0 saturated heterocycles. The molecule has 1 atom stereocenters. The van der Waals surface area contributed by atoms with Crippen LogP contribution < -0.4 is 24.0 Å². The van der Waals surface area contributed by atoms with Gasteiger partial charge in [0.25, 0.3) is 15.9 Å². The Hall–Kier alpha value is -3.72. The van der Waals surface area contributed by atoms with Crippen LogP contribution in [0.25, 0.3) is 0 Å². The molecule has 3 aromatic rings. The number of methoxy groups -OCH3 is 1. The highest BCUT2D eigenvalue weighted by Gasteiger charge is 2.37. The third-order valence-electron chi connectivity index (χ3n) is 6.46. The molecule has 0 unspecified atom stereocenters. The minimum Gasteiger partial charge on any atom is -0.497 e. The molecule has 0 aliphatic carbocycles. The molecule has 0 spiro atoms. The zero-order valence-electron chi connectivity index (χ0n) is 21.6. The lowest BCUT2D eigenvalue weighted by Crippen LogP contribution is -2.50. The van der Waals surface area contributed by atoms with E-state index in [4.69, 9.17) is 9.47 Å². The largest absolute Gasteiger partial charge is 0.497 e. The number of benzene rings is 3. The molecule has 1 amide bonds. The Kier molecular flexibility index (Phi) is 7.92. The maximum Gasteiger partial charge on any atom is 0.264 e. The number of rotatable bonds is 9. The van der Waals surface area contributed by atoms with Gasteiger partial charge in [0.2, 0.25) is 0 Å². The molecule has 4 rings (SSSR count). The van der Waals surface area contributed by atoms with Crippen LogP contribution in [-0.2, 0) is 21.4 Å². The van der Waals surface area contributed by atoms with Crippen molar-refractivity contribution < 1.29 is 22.7 Å². The normalized spacial score (nSPS) is 14.9. The first kappa shape index (κ1) is 26.3. The van der Waals surface area contributed by atoms with Crippen molar-refractivity contribution in [3.8, 4) is 11.5 Å². The Balaban J connectivity index is 1.53. The molecule has 9 heteroatoms. The first-order valence-corrected chi connectivity index (χ1v) is 13.8. The van der Waals surface area contributed by atoms with E-state index in [9.17, 15) is 13.2 Å². The van der Waals surface area contributed by atoms with E-state index in [-0.39, 0.29) is 17.3 Å². The van der Waals surface area contributed by atoms with Gasteiger partial charge in [-0.15, -0.1) is 0 Å². The number of aryl methyl sites for hydroxylation is 1. The number of amides is 1. The number of nitrogens with one attached hydrogen (secondary N) is 1. The summed E-state index contributed by atoms with van der Waals surface area (Å²) in [5, 5.41) is 2.90. The fraction of sp³-hybridized carbons (Fsp3) is 0.321. The molecule has 0 fully saturated rings. The summed E-state index contributed by atoms with van der Waals surface area (Å²) in [5.74, 6) is 0.529. The number of hydrogen-bond acceptors (Lipinski definition) is 6. The van der Waals surface area contributed by atoms with Gasteiger partial charge < -0.3 is 19.7 Å². The molecule has 3 aromatic carbocycles. The predicted molar refractivity (Wildman–Crippen MR) is 145 cm³/mol. The number of carbonyl (C=O) groups excluding carboxylic acids is 1. The third kappa shape index (κ3) is 5.67. The zero-order chi connectivity index (χ0) is 26.6. The van der Waals surface area contributed by atoms with Gasteiger partial charge in [0.1, 0.15) is 11.5 Å². The van der Waals surface area contributed by atoms with Gasteiger partial charge in [-0.25, -0.2) is 8.42 Å². The van der Waals surface area contributed by atoms with Crippen molar-refractivity contribution in [3.63, 3.8) is 0 Å². The van der Waals surface area contributed by atoms with Crippen LogP contribution in [0.1, 0.15) is 25.0 Å². The van der Waals surface area contributed by atoms with Crippen molar-refractivity contribution in [2.75, 3.05) is 35.9 Å². The van der Waals surface area contributed by atoms with Gasteiger partial charge in [-0.3, -0.25) is 9.10 Å². The fourth-order valence-electron chi connectivity index (χ4n) is 4.32. The summed E-state index contributed by atoms with van der Waals surface area (Å²) in [6, 6.07) is 19.5. The number of nitrogens with zero attached hydrogens (tertiary/aromatic N) is 2. The van der Waals surface area contributed by atoms with Crippen molar-refractivity contribution in [1.82, 2.24) is 5.32 Å². The van der Waals surface area contributed by atoms with Crippen molar-refractivity contribution in [3.05, 3.63) is 77.9 Å². The van der Waals surface area contributed by atoms with Crippen LogP contribution >= 0.6 is 0 Å². The van der Waals surface area contributed by atoms with Crippen LogP contribution in [0.5, 0.6) is 11.5 Å². The number of carbonyl (C=O) groups is 1. The van der Waals surface area contributed by atoms with E-state index in [1.165, 1.54) is 23.5 Å². The Bertz CT molecular complexity index is 1340. The van der Waals surface area contributed by atoms with E-state index in [1.54, 1.807) is 24.3 Å². The molecule has 1 aliphatic heterocycles. The molecule has 1 aliphatic rings. The number of sulfonamides is 1. The topological polar surface area (TPSA) is 88.2 Å². The molecular formula is C28H33N3O5S. The first-order chi connectivity index (χ1) is 17.8. The van der Waals surface area contributed by atoms with Gasteiger partial charge in [0.05, 0.1) is 24.2 Å². The van der Waals surface area contributed by atoms with Crippen LogP contribution in [0, 0.1) is 6.92 Å². The third-order valence-corrected chi connectivity index (χ3v) is 8.25. The highest BCUT2D eigenvalue weighted by Crippen LogP contribution is 2.38. The van der Waals surface area contributed by atoms with E-state index in [2.05, 4.69) is 24.1 Å². The number of hydrogen-bond donors (Lipinski definition) is 1. The van der Waals surface area contributed by atoms with E-state index in [0.717, 1.165) is 29.9 Å². The predicted octanol–water partition coefficient (Wildman–Crippen LogP) is 4.12. The summed E-state index contributed by atoms with van der Waals surface area (Å²) in [5.41, 5.74) is 3.37. The Morgan fingerprint density at radius 3 is 2.35 bits per heavy atom. The number of fused-ring (bicyclic) bond motifs is 1. The molecule has 37 heavy (non-hydrogen) atoms. The summed E-state index contributed by atoms with van der Waals surface area (Å²) in [4.78, 5) is 15.5. The first-order valence-electron chi connectivity index (χ1n) is 12.3. The van der Waals surface area contributed by atoms with Gasteiger partial charge in [0, 0.05) is 25.3 Å². The molecular weight excluding hydrogens is 490 g/mol. The summed E-state index contributed by atoms with van der Waals surface area (Å²) in [6.07, 6.45) is -1.00. The van der Waals surface area contributed by atoms with E-state index >= 15 is 0 Å². The number of anilines is 2. The SMILES string of the molecule is CCN(CC)c1ccc(CNC(=O)[C@H]2CN(S(=O)(=O)c3ccc(OC)cc3)c3ccc(C)cc3O2)cc1.